The van der Waals surface area contributed by atoms with E-state index in [1.165, 1.54) is 0 Å². The minimum absolute atomic E-state index is 0.636. The van der Waals surface area contributed by atoms with E-state index < -0.39 is 0 Å². The number of oxazole rings is 1. The molecule has 0 bridgehead atoms. The molecule has 5 rings (SSSR count). The topological polar surface area (TPSA) is 26.0 Å². The van der Waals surface area contributed by atoms with Gasteiger partial charge in [0.25, 0.3) is 0 Å². The van der Waals surface area contributed by atoms with Gasteiger partial charge in [-0.05, 0) is 46.5 Å². The van der Waals surface area contributed by atoms with Gasteiger partial charge in [-0.3, -0.25) is 0 Å². The Bertz CT molecular complexity index is 1210. The van der Waals surface area contributed by atoms with Gasteiger partial charge in [-0.15, -0.1) is 0 Å². The summed E-state index contributed by atoms with van der Waals surface area (Å²) < 4.78 is 6.16. The lowest BCUT2D eigenvalue weighted by atomic mass is 10.0. The number of hydrogen-bond donors (Lipinski definition) is 0. The van der Waals surface area contributed by atoms with E-state index in [2.05, 4.69) is 23.2 Å². The minimum atomic E-state index is 0.636. The van der Waals surface area contributed by atoms with Crippen molar-refractivity contribution in [2.75, 3.05) is 0 Å². The molecule has 4 aromatic carbocycles. The Hall–Kier alpha value is -2.84. The number of nitrogens with zero attached hydrogens (tertiary/aromatic N) is 1. The molecule has 5 aromatic rings. The highest BCUT2D eigenvalue weighted by Gasteiger charge is 2.13. The zero-order valence-electron chi connectivity index (χ0n) is 12.7. The van der Waals surface area contributed by atoms with Crippen molar-refractivity contribution < 1.29 is 4.42 Å². The Labute approximate surface area is 143 Å². The highest BCUT2D eigenvalue weighted by molar-refractivity contribution is 6.32. The van der Waals surface area contributed by atoms with Crippen LogP contribution in [0.15, 0.2) is 77.2 Å². The van der Waals surface area contributed by atoms with Crippen LogP contribution in [0.4, 0.5) is 0 Å². The van der Waals surface area contributed by atoms with E-state index in [0.717, 1.165) is 43.2 Å². The number of fused-ring (bicyclic) bond motifs is 5. The van der Waals surface area contributed by atoms with Crippen molar-refractivity contribution in [3.05, 3.63) is 77.8 Å². The van der Waals surface area contributed by atoms with Gasteiger partial charge in [0, 0.05) is 16.0 Å². The first-order valence-electron chi connectivity index (χ1n) is 7.76. The molecule has 24 heavy (non-hydrogen) atoms. The summed E-state index contributed by atoms with van der Waals surface area (Å²) in [5, 5.41) is 5.11. The van der Waals surface area contributed by atoms with Gasteiger partial charge in [0.05, 0.1) is 0 Å². The van der Waals surface area contributed by atoms with Crippen molar-refractivity contribution in [3.63, 3.8) is 0 Å². The average molecular weight is 330 g/mol. The smallest absolute Gasteiger partial charge is 0.227 e. The minimum Gasteiger partial charge on any atom is -0.435 e. The van der Waals surface area contributed by atoms with Crippen LogP contribution in [0.25, 0.3) is 44.1 Å². The van der Waals surface area contributed by atoms with Gasteiger partial charge in [-0.25, -0.2) is 4.98 Å². The zero-order chi connectivity index (χ0) is 16.1. The average Bonchev–Trinajstić information content (AvgIpc) is 3.06. The third-order valence-corrected chi connectivity index (χ3v) is 4.57. The summed E-state index contributed by atoms with van der Waals surface area (Å²) in [6.07, 6.45) is 0. The van der Waals surface area contributed by atoms with Crippen molar-refractivity contribution in [1.29, 1.82) is 0 Å². The first-order chi connectivity index (χ1) is 11.8. The van der Waals surface area contributed by atoms with E-state index in [1.807, 2.05) is 54.6 Å². The third kappa shape index (κ3) is 2.00. The third-order valence-electron chi connectivity index (χ3n) is 4.34. The Kier molecular flexibility index (Phi) is 2.88. The van der Waals surface area contributed by atoms with E-state index in [1.54, 1.807) is 0 Å². The maximum absolute atomic E-state index is 6.23. The molecular formula is C21H12ClNO. The van der Waals surface area contributed by atoms with E-state index in [4.69, 9.17) is 16.0 Å². The monoisotopic (exact) mass is 329 g/mol. The summed E-state index contributed by atoms with van der Waals surface area (Å²) in [4.78, 5) is 4.66. The van der Waals surface area contributed by atoms with Crippen LogP contribution in [0.1, 0.15) is 0 Å². The molecule has 0 unspecified atom stereocenters. The van der Waals surface area contributed by atoms with Gasteiger partial charge in [-0.1, -0.05) is 54.1 Å². The molecule has 114 valence electrons. The fraction of sp³-hybridized carbons (Fsp3) is 0. The lowest BCUT2D eigenvalue weighted by Crippen LogP contribution is -1.79. The standard InChI is InChI=1S/C21H12ClNO/c22-16-10-8-13-6-7-14-9-11-18-20(19(14)17(13)12-16)24-21(23-18)15-4-2-1-3-5-15/h1-12H. The second-order valence-electron chi connectivity index (χ2n) is 5.83. The van der Waals surface area contributed by atoms with Crippen molar-refractivity contribution >= 4 is 44.2 Å². The molecule has 0 aliphatic carbocycles. The maximum Gasteiger partial charge on any atom is 0.227 e. The van der Waals surface area contributed by atoms with Gasteiger partial charge >= 0.3 is 0 Å². The lowest BCUT2D eigenvalue weighted by molar-refractivity contribution is 0.623. The summed E-state index contributed by atoms with van der Waals surface area (Å²) in [5.41, 5.74) is 2.63. The normalized spacial score (nSPS) is 11.5. The van der Waals surface area contributed by atoms with Crippen LogP contribution < -0.4 is 0 Å². The van der Waals surface area contributed by atoms with Crippen LogP contribution in [0, 0.1) is 0 Å². The summed E-state index contributed by atoms with van der Waals surface area (Å²) in [7, 11) is 0. The number of aromatic nitrogens is 1. The second kappa shape index (κ2) is 5.08. The van der Waals surface area contributed by atoms with Gasteiger partial charge in [-0.2, -0.15) is 0 Å². The molecule has 0 radical (unpaired) electrons. The number of hydrogen-bond acceptors (Lipinski definition) is 2. The zero-order valence-corrected chi connectivity index (χ0v) is 13.4. The quantitative estimate of drug-likeness (QED) is 0.330. The van der Waals surface area contributed by atoms with E-state index in [9.17, 15) is 0 Å². The fourth-order valence-electron chi connectivity index (χ4n) is 3.20. The molecule has 0 amide bonds. The SMILES string of the molecule is Clc1ccc2ccc3ccc4nc(-c5ccccc5)oc4c3c2c1. The molecular weight excluding hydrogens is 318 g/mol. The molecule has 0 saturated heterocycles. The number of benzene rings is 4. The Morgan fingerprint density at radius 3 is 2.42 bits per heavy atom. The van der Waals surface area contributed by atoms with E-state index in [0.29, 0.717) is 5.89 Å². The second-order valence-corrected chi connectivity index (χ2v) is 6.26. The van der Waals surface area contributed by atoms with Gasteiger partial charge in [0.2, 0.25) is 5.89 Å². The first-order valence-corrected chi connectivity index (χ1v) is 8.14. The molecule has 2 nitrogen and oxygen atoms in total. The molecule has 1 aromatic heterocycles. The molecule has 1 heterocycles. The highest BCUT2D eigenvalue weighted by Crippen LogP contribution is 2.35. The Morgan fingerprint density at radius 1 is 0.792 bits per heavy atom. The molecule has 0 aliphatic heterocycles. The van der Waals surface area contributed by atoms with Crippen molar-refractivity contribution in [3.8, 4) is 11.5 Å². The summed E-state index contributed by atoms with van der Waals surface area (Å²) in [6, 6.07) is 24.2. The number of halogens is 1. The van der Waals surface area contributed by atoms with Crippen LogP contribution in [0.2, 0.25) is 5.02 Å². The Morgan fingerprint density at radius 2 is 1.54 bits per heavy atom. The predicted octanol–water partition coefficient (Wildman–Crippen LogP) is 6.45. The lowest BCUT2D eigenvalue weighted by Gasteiger charge is -2.04. The van der Waals surface area contributed by atoms with Crippen LogP contribution in [-0.2, 0) is 0 Å². The van der Waals surface area contributed by atoms with Crippen molar-refractivity contribution in [2.45, 2.75) is 0 Å². The van der Waals surface area contributed by atoms with Crippen LogP contribution in [0.5, 0.6) is 0 Å². The van der Waals surface area contributed by atoms with Crippen molar-refractivity contribution in [1.82, 2.24) is 4.98 Å². The summed E-state index contributed by atoms with van der Waals surface area (Å²) in [6.45, 7) is 0. The van der Waals surface area contributed by atoms with Crippen LogP contribution in [-0.4, -0.2) is 4.98 Å². The fourth-order valence-corrected chi connectivity index (χ4v) is 3.37. The van der Waals surface area contributed by atoms with Crippen LogP contribution in [0.3, 0.4) is 0 Å². The highest BCUT2D eigenvalue weighted by atomic mass is 35.5. The molecule has 0 fully saturated rings. The summed E-state index contributed by atoms with van der Waals surface area (Å²) in [5.74, 6) is 0.636. The van der Waals surface area contributed by atoms with Crippen molar-refractivity contribution in [2.24, 2.45) is 0 Å². The Balaban J connectivity index is 1.92. The van der Waals surface area contributed by atoms with E-state index in [-0.39, 0.29) is 0 Å². The van der Waals surface area contributed by atoms with Gasteiger partial charge < -0.3 is 4.42 Å². The molecule has 0 N–H and O–H groups in total. The van der Waals surface area contributed by atoms with E-state index >= 15 is 0 Å². The largest absolute Gasteiger partial charge is 0.435 e. The van der Waals surface area contributed by atoms with Crippen LogP contribution >= 0.6 is 11.6 Å². The predicted molar refractivity (Wildman–Crippen MR) is 99.5 cm³/mol. The molecule has 0 saturated carbocycles. The number of rotatable bonds is 1. The first kappa shape index (κ1) is 13.6. The van der Waals surface area contributed by atoms with Gasteiger partial charge in [0.1, 0.15) is 5.52 Å². The molecule has 0 aliphatic rings. The van der Waals surface area contributed by atoms with Gasteiger partial charge in [0.15, 0.2) is 5.58 Å². The summed E-state index contributed by atoms with van der Waals surface area (Å²) >= 11 is 6.23. The molecule has 3 heteroatoms. The molecule has 0 atom stereocenters. The molecule has 0 spiro atoms. The maximum atomic E-state index is 6.23.